The van der Waals surface area contributed by atoms with Crippen molar-refractivity contribution in [2.45, 2.75) is 6.92 Å². The van der Waals surface area contributed by atoms with Crippen molar-refractivity contribution in [3.05, 3.63) is 6.33 Å². The van der Waals surface area contributed by atoms with Gasteiger partial charge in [0.05, 0.1) is 6.61 Å². The number of aromatic nitrogens is 2. The standard InChI is InChI=1S/C11H20N6O/c1-3-18-11-9(12)10(13-8-14-11)15-17-6-4-16(2)5-7-17/h8H,3-7,12H2,1-2H3,(H,13,14,15). The summed E-state index contributed by atoms with van der Waals surface area (Å²) >= 11 is 0. The molecule has 2 rings (SSSR count). The van der Waals surface area contributed by atoms with E-state index in [0.29, 0.717) is 24.0 Å². The Balaban J connectivity index is 2.02. The van der Waals surface area contributed by atoms with Crippen molar-refractivity contribution in [3.63, 3.8) is 0 Å². The van der Waals surface area contributed by atoms with E-state index in [2.05, 4.69) is 32.4 Å². The molecule has 1 aromatic heterocycles. The van der Waals surface area contributed by atoms with Gasteiger partial charge in [-0.05, 0) is 14.0 Å². The second-order valence-electron chi connectivity index (χ2n) is 4.28. The molecule has 1 saturated heterocycles. The summed E-state index contributed by atoms with van der Waals surface area (Å²) in [6.07, 6.45) is 1.46. The second kappa shape index (κ2) is 5.83. The molecular weight excluding hydrogens is 232 g/mol. The van der Waals surface area contributed by atoms with Crippen molar-refractivity contribution >= 4 is 11.5 Å². The van der Waals surface area contributed by atoms with Crippen molar-refractivity contribution in [2.24, 2.45) is 0 Å². The van der Waals surface area contributed by atoms with Gasteiger partial charge in [0.15, 0.2) is 5.82 Å². The fourth-order valence-electron chi connectivity index (χ4n) is 1.79. The third kappa shape index (κ3) is 2.99. The number of likely N-dealkylation sites (N-methyl/N-ethyl adjacent to an activating group) is 1. The maximum atomic E-state index is 5.96. The normalized spacial score (nSPS) is 17.7. The number of nitrogens with one attached hydrogen (secondary N) is 1. The lowest BCUT2D eigenvalue weighted by atomic mass is 10.4. The van der Waals surface area contributed by atoms with Crippen LogP contribution >= 0.6 is 0 Å². The first kappa shape index (κ1) is 12.8. The number of hydrogen-bond acceptors (Lipinski definition) is 7. The van der Waals surface area contributed by atoms with Crippen molar-refractivity contribution in [1.29, 1.82) is 0 Å². The van der Waals surface area contributed by atoms with Crippen molar-refractivity contribution in [1.82, 2.24) is 19.9 Å². The van der Waals surface area contributed by atoms with Gasteiger partial charge in [-0.25, -0.2) is 9.99 Å². The van der Waals surface area contributed by atoms with Gasteiger partial charge in [0.25, 0.3) is 0 Å². The lowest BCUT2D eigenvalue weighted by Crippen LogP contribution is -2.47. The third-order valence-corrected chi connectivity index (χ3v) is 2.90. The zero-order valence-corrected chi connectivity index (χ0v) is 10.9. The molecule has 0 bridgehead atoms. The Bertz CT molecular complexity index is 391. The quantitative estimate of drug-likeness (QED) is 0.782. The lowest BCUT2D eigenvalue weighted by Gasteiger charge is -2.32. The molecule has 1 aliphatic heterocycles. The maximum Gasteiger partial charge on any atom is 0.242 e. The molecule has 0 unspecified atom stereocenters. The Labute approximate surface area is 107 Å². The van der Waals surface area contributed by atoms with Gasteiger partial charge in [-0.2, -0.15) is 4.98 Å². The van der Waals surface area contributed by atoms with Crippen LogP contribution < -0.4 is 15.9 Å². The molecule has 1 aromatic rings. The highest BCUT2D eigenvalue weighted by Gasteiger charge is 2.16. The summed E-state index contributed by atoms with van der Waals surface area (Å²) in [5.74, 6) is 1.04. The van der Waals surface area contributed by atoms with Crippen LogP contribution in [0.1, 0.15) is 6.92 Å². The van der Waals surface area contributed by atoms with E-state index in [0.717, 1.165) is 26.2 Å². The number of nitrogens with zero attached hydrogens (tertiary/aromatic N) is 4. The van der Waals surface area contributed by atoms with Gasteiger partial charge in [0.2, 0.25) is 5.88 Å². The van der Waals surface area contributed by atoms with Gasteiger partial charge in [0, 0.05) is 26.2 Å². The van der Waals surface area contributed by atoms with Crippen LogP contribution in [0.3, 0.4) is 0 Å². The van der Waals surface area contributed by atoms with Gasteiger partial charge >= 0.3 is 0 Å². The van der Waals surface area contributed by atoms with E-state index in [1.807, 2.05) is 6.92 Å². The van der Waals surface area contributed by atoms with Crippen molar-refractivity contribution in [2.75, 3.05) is 51.0 Å². The number of hydrazine groups is 1. The topological polar surface area (TPSA) is 79.5 Å². The highest BCUT2D eigenvalue weighted by atomic mass is 16.5. The smallest absolute Gasteiger partial charge is 0.242 e. The molecule has 1 aliphatic rings. The first-order valence-electron chi connectivity index (χ1n) is 6.14. The Hall–Kier alpha value is -1.60. The monoisotopic (exact) mass is 252 g/mol. The average Bonchev–Trinajstić information content (AvgIpc) is 2.37. The number of nitrogens with two attached hydrogens (primary N) is 1. The van der Waals surface area contributed by atoms with E-state index in [1.54, 1.807) is 0 Å². The summed E-state index contributed by atoms with van der Waals surface area (Å²) in [5.41, 5.74) is 9.64. The van der Waals surface area contributed by atoms with Crippen LogP contribution in [0.25, 0.3) is 0 Å². The van der Waals surface area contributed by atoms with Crippen molar-refractivity contribution in [3.8, 4) is 5.88 Å². The molecule has 7 heteroatoms. The fraction of sp³-hybridized carbons (Fsp3) is 0.636. The number of nitrogen functional groups attached to an aromatic ring is 1. The van der Waals surface area contributed by atoms with Crippen LogP contribution in [-0.2, 0) is 0 Å². The molecule has 0 aliphatic carbocycles. The first-order valence-corrected chi connectivity index (χ1v) is 6.14. The van der Waals surface area contributed by atoms with E-state index >= 15 is 0 Å². The molecule has 7 nitrogen and oxygen atoms in total. The van der Waals surface area contributed by atoms with Gasteiger partial charge < -0.3 is 20.8 Å². The molecule has 100 valence electrons. The zero-order valence-electron chi connectivity index (χ0n) is 10.9. The van der Waals surface area contributed by atoms with Crippen LogP contribution in [0, 0.1) is 0 Å². The average molecular weight is 252 g/mol. The summed E-state index contributed by atoms with van der Waals surface area (Å²) in [6.45, 7) is 6.35. The number of hydrogen-bond donors (Lipinski definition) is 2. The van der Waals surface area contributed by atoms with Gasteiger partial charge in [-0.15, -0.1) is 0 Å². The van der Waals surface area contributed by atoms with E-state index in [9.17, 15) is 0 Å². The Morgan fingerprint density at radius 2 is 2.06 bits per heavy atom. The third-order valence-electron chi connectivity index (χ3n) is 2.90. The predicted octanol–water partition coefficient (Wildman–Crippen LogP) is 0.0318. The predicted molar refractivity (Wildman–Crippen MR) is 70.3 cm³/mol. The summed E-state index contributed by atoms with van der Waals surface area (Å²) in [4.78, 5) is 10.4. The largest absolute Gasteiger partial charge is 0.476 e. The number of rotatable bonds is 4. The summed E-state index contributed by atoms with van der Waals surface area (Å²) < 4.78 is 5.34. The van der Waals surface area contributed by atoms with Crippen LogP contribution in [0.5, 0.6) is 5.88 Å². The van der Waals surface area contributed by atoms with E-state index in [4.69, 9.17) is 10.5 Å². The summed E-state index contributed by atoms with van der Waals surface area (Å²) in [7, 11) is 2.11. The number of anilines is 2. The summed E-state index contributed by atoms with van der Waals surface area (Å²) in [5, 5.41) is 2.11. The Morgan fingerprint density at radius 3 is 2.72 bits per heavy atom. The van der Waals surface area contributed by atoms with E-state index in [-0.39, 0.29) is 0 Å². The molecule has 1 fully saturated rings. The Kier molecular flexibility index (Phi) is 4.16. The van der Waals surface area contributed by atoms with Crippen molar-refractivity contribution < 1.29 is 4.74 Å². The van der Waals surface area contributed by atoms with Crippen LogP contribution in [0.15, 0.2) is 6.33 Å². The first-order chi connectivity index (χ1) is 8.70. The molecule has 18 heavy (non-hydrogen) atoms. The van der Waals surface area contributed by atoms with Crippen LogP contribution in [0.4, 0.5) is 11.5 Å². The van der Waals surface area contributed by atoms with E-state index < -0.39 is 0 Å². The van der Waals surface area contributed by atoms with Gasteiger partial charge in [0.1, 0.15) is 12.0 Å². The van der Waals surface area contributed by atoms with Gasteiger partial charge in [-0.3, -0.25) is 0 Å². The number of ether oxygens (including phenoxy) is 1. The minimum atomic E-state index is 0.434. The fourth-order valence-corrected chi connectivity index (χ4v) is 1.79. The SMILES string of the molecule is CCOc1ncnc(NN2CCN(C)CC2)c1N. The molecule has 0 amide bonds. The molecular formula is C11H20N6O. The highest BCUT2D eigenvalue weighted by Crippen LogP contribution is 2.24. The molecule has 0 aromatic carbocycles. The molecule has 0 spiro atoms. The lowest BCUT2D eigenvalue weighted by molar-refractivity contribution is 0.178. The minimum absolute atomic E-state index is 0.434. The molecule has 0 saturated carbocycles. The zero-order chi connectivity index (χ0) is 13.0. The molecule has 2 heterocycles. The van der Waals surface area contributed by atoms with Crippen LogP contribution in [-0.4, -0.2) is 59.7 Å². The van der Waals surface area contributed by atoms with Crippen LogP contribution in [0.2, 0.25) is 0 Å². The Morgan fingerprint density at radius 1 is 1.33 bits per heavy atom. The van der Waals surface area contributed by atoms with E-state index in [1.165, 1.54) is 6.33 Å². The molecule has 3 N–H and O–H groups in total. The molecule has 0 radical (unpaired) electrons. The van der Waals surface area contributed by atoms with Gasteiger partial charge in [-0.1, -0.05) is 0 Å². The maximum absolute atomic E-state index is 5.96. The second-order valence-corrected chi connectivity index (χ2v) is 4.28. The highest BCUT2D eigenvalue weighted by molar-refractivity contribution is 5.65. The number of piperazine rings is 1. The minimum Gasteiger partial charge on any atom is -0.476 e. The summed E-state index contributed by atoms with van der Waals surface area (Å²) in [6, 6.07) is 0. The molecule has 0 atom stereocenters.